The third-order valence-corrected chi connectivity index (χ3v) is 1.10. The Bertz CT molecular complexity index is 310. The third kappa shape index (κ3) is 2.27. The summed E-state index contributed by atoms with van der Waals surface area (Å²) in [6, 6.07) is 3.52. The van der Waals surface area contributed by atoms with Gasteiger partial charge in [0.05, 0.1) is 11.9 Å². The molecule has 3 N–H and O–H groups in total. The van der Waals surface area contributed by atoms with E-state index in [1.165, 1.54) is 0 Å². The fourth-order valence-corrected chi connectivity index (χ4v) is 0.666. The number of nitrogens with zero attached hydrogens (tertiary/aromatic N) is 3. The summed E-state index contributed by atoms with van der Waals surface area (Å²) in [6.07, 6.45) is 4.79. The Morgan fingerprint density at radius 3 is 3.17 bits per heavy atom. The van der Waals surface area contributed by atoms with Crippen LogP contribution in [0.3, 0.4) is 0 Å². The first-order valence-corrected chi connectivity index (χ1v) is 3.22. The molecule has 12 heavy (non-hydrogen) atoms. The van der Waals surface area contributed by atoms with E-state index in [4.69, 9.17) is 11.0 Å². The highest BCUT2D eigenvalue weighted by atomic mass is 15.1. The van der Waals surface area contributed by atoms with Crippen LogP contribution in [-0.2, 0) is 0 Å². The number of hydrogen-bond acceptors (Lipinski definition) is 3. The van der Waals surface area contributed by atoms with Crippen LogP contribution in [0.2, 0.25) is 0 Å². The first kappa shape index (κ1) is 8.01. The number of nitrogens with one attached hydrogen (secondary N) is 1. The first-order valence-electron chi connectivity index (χ1n) is 3.22. The zero-order chi connectivity index (χ0) is 8.81. The molecule has 1 aromatic rings. The van der Waals surface area contributed by atoms with Gasteiger partial charge < -0.3 is 11.1 Å². The summed E-state index contributed by atoms with van der Waals surface area (Å²) in [5, 5.41) is 10.8. The molecule has 0 saturated heterocycles. The van der Waals surface area contributed by atoms with Gasteiger partial charge in [0.15, 0.2) is 0 Å². The molecule has 5 heteroatoms. The summed E-state index contributed by atoms with van der Waals surface area (Å²) in [5.41, 5.74) is 6.01. The van der Waals surface area contributed by atoms with Crippen LogP contribution in [0.5, 0.6) is 0 Å². The fraction of sp³-hybridized carbons (Fsp3) is 0. The van der Waals surface area contributed by atoms with Crippen molar-refractivity contribution in [3.05, 3.63) is 24.5 Å². The molecule has 0 radical (unpaired) electrons. The van der Waals surface area contributed by atoms with E-state index in [9.17, 15) is 0 Å². The highest BCUT2D eigenvalue weighted by molar-refractivity contribution is 5.92. The van der Waals surface area contributed by atoms with E-state index in [2.05, 4.69) is 15.3 Å². The molecule has 0 saturated carbocycles. The summed E-state index contributed by atoms with van der Waals surface area (Å²) in [4.78, 5) is 7.12. The SMILES string of the molecule is N#C/N=C(\N)Nc1cccnc1. The number of nitriles is 1. The van der Waals surface area contributed by atoms with E-state index >= 15 is 0 Å². The number of aliphatic imine (C=N–C) groups is 1. The van der Waals surface area contributed by atoms with Crippen LogP contribution in [0.25, 0.3) is 0 Å². The number of guanidine groups is 1. The van der Waals surface area contributed by atoms with Gasteiger partial charge in [-0.05, 0) is 12.1 Å². The van der Waals surface area contributed by atoms with Gasteiger partial charge in [-0.25, -0.2) is 0 Å². The van der Waals surface area contributed by atoms with E-state index in [0.717, 1.165) is 0 Å². The average Bonchev–Trinajstić information content (AvgIpc) is 2.06. The molecular formula is C7H7N5. The summed E-state index contributed by atoms with van der Waals surface area (Å²) in [7, 11) is 0. The van der Waals surface area contributed by atoms with Crippen LogP contribution in [0.1, 0.15) is 0 Å². The molecule has 0 bridgehead atoms. The van der Waals surface area contributed by atoms with Crippen molar-refractivity contribution in [1.29, 1.82) is 5.26 Å². The number of hydrogen-bond donors (Lipinski definition) is 2. The van der Waals surface area contributed by atoms with E-state index in [1.54, 1.807) is 30.7 Å². The lowest BCUT2D eigenvalue weighted by Crippen LogP contribution is -2.21. The van der Waals surface area contributed by atoms with Gasteiger partial charge in [0, 0.05) is 6.20 Å². The van der Waals surface area contributed by atoms with Crippen molar-refractivity contribution in [3.8, 4) is 6.19 Å². The van der Waals surface area contributed by atoms with Crippen LogP contribution in [-0.4, -0.2) is 10.9 Å². The van der Waals surface area contributed by atoms with Crippen LogP contribution < -0.4 is 11.1 Å². The van der Waals surface area contributed by atoms with Gasteiger partial charge in [0.2, 0.25) is 12.2 Å². The molecule has 0 unspecified atom stereocenters. The lowest BCUT2D eigenvalue weighted by atomic mass is 10.4. The fourth-order valence-electron chi connectivity index (χ4n) is 0.666. The average molecular weight is 161 g/mol. The maximum atomic E-state index is 8.14. The van der Waals surface area contributed by atoms with Crippen LogP contribution in [0.4, 0.5) is 5.69 Å². The number of rotatable bonds is 1. The first-order chi connectivity index (χ1) is 5.83. The molecule has 0 aliphatic heterocycles. The summed E-state index contributed by atoms with van der Waals surface area (Å²) in [6.45, 7) is 0. The Labute approximate surface area is 69.6 Å². The van der Waals surface area contributed by atoms with Gasteiger partial charge in [-0.2, -0.15) is 5.26 Å². The number of pyridine rings is 1. The molecule has 0 fully saturated rings. The molecule has 0 amide bonds. The zero-order valence-electron chi connectivity index (χ0n) is 6.23. The van der Waals surface area contributed by atoms with Crippen molar-refractivity contribution in [1.82, 2.24) is 4.98 Å². The van der Waals surface area contributed by atoms with E-state index in [-0.39, 0.29) is 5.96 Å². The molecule has 0 atom stereocenters. The Morgan fingerprint density at radius 2 is 2.58 bits per heavy atom. The Balaban J connectivity index is 2.66. The van der Waals surface area contributed by atoms with Gasteiger partial charge in [-0.3, -0.25) is 4.98 Å². The van der Waals surface area contributed by atoms with Gasteiger partial charge in [-0.15, -0.1) is 4.99 Å². The predicted octanol–water partition coefficient (Wildman–Crippen LogP) is 0.289. The molecule has 0 aliphatic rings. The minimum atomic E-state index is 0.0606. The smallest absolute Gasteiger partial charge is 0.209 e. The standard InChI is InChI=1S/C7H7N5/c8-5-11-7(9)12-6-2-1-3-10-4-6/h1-4H,(H3,9,11,12). The van der Waals surface area contributed by atoms with Crippen LogP contribution in [0.15, 0.2) is 29.5 Å². The second-order valence-electron chi connectivity index (χ2n) is 1.96. The highest BCUT2D eigenvalue weighted by Gasteiger charge is 1.91. The summed E-state index contributed by atoms with van der Waals surface area (Å²) < 4.78 is 0. The van der Waals surface area contributed by atoms with Crippen molar-refractivity contribution in [3.63, 3.8) is 0 Å². The Hall–Kier alpha value is -2.09. The number of aromatic nitrogens is 1. The number of nitrogens with two attached hydrogens (primary N) is 1. The monoisotopic (exact) mass is 161 g/mol. The molecule has 0 aromatic carbocycles. The summed E-state index contributed by atoms with van der Waals surface area (Å²) >= 11 is 0. The molecular weight excluding hydrogens is 154 g/mol. The second-order valence-corrected chi connectivity index (χ2v) is 1.96. The Morgan fingerprint density at radius 1 is 1.75 bits per heavy atom. The van der Waals surface area contributed by atoms with E-state index < -0.39 is 0 Å². The predicted molar refractivity (Wildman–Crippen MR) is 45.1 cm³/mol. The van der Waals surface area contributed by atoms with Crippen molar-refractivity contribution < 1.29 is 0 Å². The van der Waals surface area contributed by atoms with Crippen molar-refractivity contribution >= 4 is 11.6 Å². The lowest BCUT2D eigenvalue weighted by Gasteiger charge is -2.00. The summed E-state index contributed by atoms with van der Waals surface area (Å²) in [5.74, 6) is 0.0606. The van der Waals surface area contributed by atoms with Gasteiger partial charge in [-0.1, -0.05) is 0 Å². The number of anilines is 1. The molecule has 5 nitrogen and oxygen atoms in total. The largest absolute Gasteiger partial charge is 0.369 e. The van der Waals surface area contributed by atoms with E-state index in [1.807, 2.05) is 0 Å². The Kier molecular flexibility index (Phi) is 2.62. The lowest BCUT2D eigenvalue weighted by molar-refractivity contribution is 1.32. The second kappa shape index (κ2) is 3.93. The van der Waals surface area contributed by atoms with Crippen LogP contribution >= 0.6 is 0 Å². The molecule has 1 rings (SSSR count). The maximum Gasteiger partial charge on any atom is 0.209 e. The van der Waals surface area contributed by atoms with Crippen molar-refractivity contribution in [2.75, 3.05) is 5.32 Å². The maximum absolute atomic E-state index is 8.14. The minimum Gasteiger partial charge on any atom is -0.369 e. The molecule has 1 aromatic heterocycles. The normalized spacial score (nSPS) is 10.4. The topological polar surface area (TPSA) is 87.1 Å². The molecule has 60 valence electrons. The highest BCUT2D eigenvalue weighted by Crippen LogP contribution is 2.00. The molecule has 0 aliphatic carbocycles. The zero-order valence-corrected chi connectivity index (χ0v) is 6.23. The van der Waals surface area contributed by atoms with E-state index in [0.29, 0.717) is 5.69 Å². The van der Waals surface area contributed by atoms with Crippen molar-refractivity contribution in [2.45, 2.75) is 0 Å². The van der Waals surface area contributed by atoms with Crippen molar-refractivity contribution in [2.24, 2.45) is 10.7 Å². The van der Waals surface area contributed by atoms with Gasteiger partial charge >= 0.3 is 0 Å². The van der Waals surface area contributed by atoms with Gasteiger partial charge in [0.1, 0.15) is 0 Å². The quantitative estimate of drug-likeness (QED) is 0.352. The third-order valence-electron chi connectivity index (χ3n) is 1.10. The van der Waals surface area contributed by atoms with Gasteiger partial charge in [0.25, 0.3) is 0 Å². The minimum absolute atomic E-state index is 0.0606. The molecule has 1 heterocycles. The molecule has 0 spiro atoms. The van der Waals surface area contributed by atoms with Crippen LogP contribution in [0, 0.1) is 11.5 Å².